The average molecular weight is 166 g/mol. The summed E-state index contributed by atoms with van der Waals surface area (Å²) < 4.78 is 1.15. The van der Waals surface area contributed by atoms with Crippen molar-refractivity contribution in [3.8, 4) is 0 Å². The van der Waals surface area contributed by atoms with E-state index in [2.05, 4.69) is 9.97 Å². The average Bonchev–Trinajstić information content (AvgIpc) is 2.55. The summed E-state index contributed by atoms with van der Waals surface area (Å²) in [6.45, 7) is 4.00. The molecule has 0 aliphatic rings. The molecule has 0 fully saturated rings. The molecular formula is C8H10N2S. The van der Waals surface area contributed by atoms with Crippen molar-refractivity contribution in [3.05, 3.63) is 24.0 Å². The van der Waals surface area contributed by atoms with Crippen LogP contribution < -0.4 is 0 Å². The van der Waals surface area contributed by atoms with Gasteiger partial charge in [0.25, 0.3) is 0 Å². The molecule has 0 N–H and O–H groups in total. The number of hydrogen-bond acceptors (Lipinski definition) is 3. The minimum atomic E-state index is 1.04. The van der Waals surface area contributed by atoms with Gasteiger partial charge in [-0.1, -0.05) is 13.8 Å². The number of nitrogens with zero attached hydrogens (tertiary/aromatic N) is 2. The molecule has 0 bridgehead atoms. The van der Waals surface area contributed by atoms with E-state index in [0.717, 1.165) is 10.2 Å². The van der Waals surface area contributed by atoms with E-state index in [-0.39, 0.29) is 0 Å². The van der Waals surface area contributed by atoms with Crippen LogP contribution in [0.15, 0.2) is 24.0 Å². The molecule has 11 heavy (non-hydrogen) atoms. The normalized spacial score (nSPS) is 8.91. The zero-order chi connectivity index (χ0) is 8.10. The molecule has 2 heterocycles. The van der Waals surface area contributed by atoms with Gasteiger partial charge in [-0.05, 0) is 6.07 Å². The summed E-state index contributed by atoms with van der Waals surface area (Å²) in [6, 6.07) is 1.91. The summed E-state index contributed by atoms with van der Waals surface area (Å²) in [5, 5.41) is 0. The fourth-order valence-corrected chi connectivity index (χ4v) is 1.35. The van der Waals surface area contributed by atoms with Crippen LogP contribution in [0.2, 0.25) is 0 Å². The molecule has 58 valence electrons. The first-order chi connectivity index (χ1) is 5.47. The van der Waals surface area contributed by atoms with E-state index >= 15 is 0 Å². The van der Waals surface area contributed by atoms with Gasteiger partial charge in [0.2, 0.25) is 0 Å². The third-order valence-corrected chi connectivity index (χ3v) is 1.91. The topological polar surface area (TPSA) is 25.8 Å². The Kier molecular flexibility index (Phi) is 2.98. The van der Waals surface area contributed by atoms with Crippen LogP contribution in [0.1, 0.15) is 13.8 Å². The van der Waals surface area contributed by atoms with Gasteiger partial charge in [0.05, 0.1) is 15.7 Å². The van der Waals surface area contributed by atoms with E-state index in [1.54, 1.807) is 17.5 Å². The van der Waals surface area contributed by atoms with Crippen LogP contribution >= 0.6 is 11.3 Å². The van der Waals surface area contributed by atoms with Gasteiger partial charge in [0.15, 0.2) is 0 Å². The minimum Gasteiger partial charge on any atom is -0.263 e. The van der Waals surface area contributed by atoms with Crippen LogP contribution in [-0.4, -0.2) is 9.97 Å². The molecular weight excluding hydrogens is 156 g/mol. The maximum absolute atomic E-state index is 4.10. The van der Waals surface area contributed by atoms with Crippen LogP contribution in [0, 0.1) is 0 Å². The lowest BCUT2D eigenvalue weighted by Crippen LogP contribution is -1.67. The van der Waals surface area contributed by atoms with Gasteiger partial charge in [-0.3, -0.25) is 4.98 Å². The van der Waals surface area contributed by atoms with Gasteiger partial charge in [0, 0.05) is 12.4 Å². The highest BCUT2D eigenvalue weighted by atomic mass is 32.1. The van der Waals surface area contributed by atoms with Gasteiger partial charge in [-0.25, -0.2) is 4.98 Å². The van der Waals surface area contributed by atoms with E-state index in [1.165, 1.54) is 0 Å². The number of thiazole rings is 1. The summed E-state index contributed by atoms with van der Waals surface area (Å²) >= 11 is 1.61. The Balaban J connectivity index is 0.000000281. The van der Waals surface area contributed by atoms with Crippen molar-refractivity contribution in [2.75, 3.05) is 0 Å². The van der Waals surface area contributed by atoms with Gasteiger partial charge >= 0.3 is 0 Å². The Morgan fingerprint density at radius 3 is 2.91 bits per heavy atom. The molecule has 2 nitrogen and oxygen atoms in total. The molecule has 0 unspecified atom stereocenters. The van der Waals surface area contributed by atoms with Crippen molar-refractivity contribution < 1.29 is 0 Å². The number of pyridine rings is 1. The van der Waals surface area contributed by atoms with E-state index in [0.29, 0.717) is 0 Å². The highest BCUT2D eigenvalue weighted by Crippen LogP contribution is 2.13. The largest absolute Gasteiger partial charge is 0.263 e. The summed E-state index contributed by atoms with van der Waals surface area (Å²) in [5.41, 5.74) is 2.86. The second kappa shape index (κ2) is 4.03. The Hall–Kier alpha value is -0.960. The van der Waals surface area contributed by atoms with Crippen LogP contribution in [0.25, 0.3) is 10.2 Å². The summed E-state index contributed by atoms with van der Waals surface area (Å²) in [4.78, 5) is 8.05. The third-order valence-electron chi connectivity index (χ3n) is 1.13. The fraction of sp³-hybridized carbons (Fsp3) is 0.250. The van der Waals surface area contributed by atoms with E-state index < -0.39 is 0 Å². The number of rotatable bonds is 0. The number of aromatic nitrogens is 2. The minimum absolute atomic E-state index is 1.04. The molecule has 2 rings (SSSR count). The molecule has 2 aromatic heterocycles. The Morgan fingerprint density at radius 2 is 2.18 bits per heavy atom. The molecule has 0 aliphatic heterocycles. The van der Waals surface area contributed by atoms with Gasteiger partial charge in [0.1, 0.15) is 0 Å². The molecule has 0 radical (unpaired) electrons. The number of hydrogen-bond donors (Lipinski definition) is 0. The first-order valence-electron chi connectivity index (χ1n) is 3.60. The zero-order valence-corrected chi connectivity index (χ0v) is 7.43. The summed E-state index contributed by atoms with van der Waals surface area (Å²) in [5.74, 6) is 0. The third kappa shape index (κ3) is 1.74. The smallest absolute Gasteiger partial charge is 0.0843 e. The number of fused-ring (bicyclic) bond motifs is 1. The monoisotopic (exact) mass is 166 g/mol. The molecule has 0 atom stereocenters. The van der Waals surface area contributed by atoms with E-state index in [1.807, 2.05) is 31.6 Å². The van der Waals surface area contributed by atoms with Crippen LogP contribution in [0.5, 0.6) is 0 Å². The second-order valence-electron chi connectivity index (χ2n) is 1.70. The van der Waals surface area contributed by atoms with Gasteiger partial charge in [-0.15, -0.1) is 11.3 Å². The first kappa shape index (κ1) is 8.14. The summed E-state index contributed by atoms with van der Waals surface area (Å²) in [7, 11) is 0. The van der Waals surface area contributed by atoms with Crippen molar-refractivity contribution >= 4 is 21.6 Å². The van der Waals surface area contributed by atoms with E-state index in [4.69, 9.17) is 0 Å². The molecule has 0 spiro atoms. The second-order valence-corrected chi connectivity index (χ2v) is 2.58. The Morgan fingerprint density at radius 1 is 1.36 bits per heavy atom. The maximum atomic E-state index is 4.10. The lowest BCUT2D eigenvalue weighted by molar-refractivity contribution is 1.36. The van der Waals surface area contributed by atoms with Crippen molar-refractivity contribution in [3.63, 3.8) is 0 Å². The van der Waals surface area contributed by atoms with Crippen molar-refractivity contribution in [1.82, 2.24) is 9.97 Å². The maximum Gasteiger partial charge on any atom is 0.0843 e. The molecule has 0 aromatic carbocycles. The SMILES string of the molecule is CC.c1cc2ncsc2cn1. The lowest BCUT2D eigenvalue weighted by atomic mass is 10.5. The molecule has 0 saturated heterocycles. The first-order valence-corrected chi connectivity index (χ1v) is 4.48. The molecule has 0 aliphatic carbocycles. The highest BCUT2D eigenvalue weighted by Gasteiger charge is 1.90. The fourth-order valence-electron chi connectivity index (χ4n) is 0.710. The van der Waals surface area contributed by atoms with E-state index in [9.17, 15) is 0 Å². The van der Waals surface area contributed by atoms with Crippen molar-refractivity contribution in [2.45, 2.75) is 13.8 Å². The quantitative estimate of drug-likeness (QED) is 0.601. The van der Waals surface area contributed by atoms with Crippen molar-refractivity contribution in [1.29, 1.82) is 0 Å². The van der Waals surface area contributed by atoms with Crippen LogP contribution in [0.4, 0.5) is 0 Å². The Labute approximate surface area is 69.9 Å². The molecule has 0 saturated carbocycles. The summed E-state index contributed by atoms with van der Waals surface area (Å²) in [6.07, 6.45) is 3.58. The standard InChI is InChI=1S/C6H4N2S.C2H6/c1-2-7-3-6-5(1)8-4-9-6;1-2/h1-4H;1-2H3. The predicted molar refractivity (Wildman–Crippen MR) is 48.8 cm³/mol. The van der Waals surface area contributed by atoms with Crippen LogP contribution in [0.3, 0.4) is 0 Å². The molecule has 2 aromatic rings. The van der Waals surface area contributed by atoms with Gasteiger partial charge < -0.3 is 0 Å². The van der Waals surface area contributed by atoms with Crippen molar-refractivity contribution in [2.24, 2.45) is 0 Å². The predicted octanol–water partition coefficient (Wildman–Crippen LogP) is 2.72. The Bertz CT molecular complexity index is 286. The van der Waals surface area contributed by atoms with Gasteiger partial charge in [-0.2, -0.15) is 0 Å². The lowest BCUT2D eigenvalue weighted by Gasteiger charge is -1.80. The highest BCUT2D eigenvalue weighted by molar-refractivity contribution is 7.16. The molecule has 3 heteroatoms. The van der Waals surface area contributed by atoms with Crippen LogP contribution in [-0.2, 0) is 0 Å². The zero-order valence-electron chi connectivity index (χ0n) is 6.61. The molecule has 0 amide bonds.